The largest absolute Gasteiger partial charge is 0.399 e. The van der Waals surface area contributed by atoms with Crippen LogP contribution >= 0.6 is 7.92 Å². The van der Waals surface area contributed by atoms with E-state index in [0.29, 0.717) is 0 Å². The Kier molecular flexibility index (Phi) is 7.28. The van der Waals surface area contributed by atoms with Crippen molar-refractivity contribution in [3.8, 4) is 0 Å². The van der Waals surface area contributed by atoms with Gasteiger partial charge >= 0.3 is 0 Å². The van der Waals surface area contributed by atoms with Gasteiger partial charge < -0.3 is 5.73 Å². The molecular weight excluding hydrogens is 225 g/mol. The Hall–Kier alpha value is -0.550. The molecule has 2 N–H and O–H groups in total. The van der Waals surface area contributed by atoms with Crippen LogP contribution in [0.2, 0.25) is 0 Å². The van der Waals surface area contributed by atoms with Crippen molar-refractivity contribution in [2.45, 2.75) is 45.7 Å². The molecule has 0 radical (unpaired) electrons. The van der Waals surface area contributed by atoms with Crippen molar-refractivity contribution in [2.24, 2.45) is 0 Å². The van der Waals surface area contributed by atoms with E-state index in [9.17, 15) is 0 Å². The van der Waals surface area contributed by atoms with Crippen LogP contribution in [-0.2, 0) is 6.16 Å². The number of benzene rings is 1. The van der Waals surface area contributed by atoms with E-state index in [2.05, 4.69) is 26.0 Å². The quantitative estimate of drug-likeness (QED) is 0.518. The average Bonchev–Trinajstić information content (AvgIpc) is 2.35. The fraction of sp³-hybridized carbons (Fsp3) is 0.600. The van der Waals surface area contributed by atoms with Gasteiger partial charge in [-0.2, -0.15) is 0 Å². The first kappa shape index (κ1) is 14.5. The molecule has 0 bridgehead atoms. The zero-order chi connectivity index (χ0) is 12.5. The van der Waals surface area contributed by atoms with Crippen molar-refractivity contribution in [1.29, 1.82) is 0 Å². The van der Waals surface area contributed by atoms with Crippen LogP contribution < -0.4 is 5.73 Å². The van der Waals surface area contributed by atoms with Crippen molar-refractivity contribution in [1.82, 2.24) is 0 Å². The van der Waals surface area contributed by atoms with Gasteiger partial charge in [-0.15, -0.1) is 7.92 Å². The van der Waals surface area contributed by atoms with Gasteiger partial charge in [-0.1, -0.05) is 38.8 Å². The summed E-state index contributed by atoms with van der Waals surface area (Å²) in [6, 6.07) is 8.45. The van der Waals surface area contributed by atoms with Crippen molar-refractivity contribution < 1.29 is 0 Å². The number of rotatable bonds is 8. The van der Waals surface area contributed by atoms with Gasteiger partial charge in [0, 0.05) is 5.69 Å². The summed E-state index contributed by atoms with van der Waals surface area (Å²) in [6.07, 6.45) is 9.61. The minimum atomic E-state index is 0.201. The normalized spacial score (nSPS) is 11.0. The fourth-order valence-electron chi connectivity index (χ4n) is 1.91. The maximum atomic E-state index is 5.72. The van der Waals surface area contributed by atoms with Gasteiger partial charge in [-0.25, -0.2) is 0 Å². The molecule has 0 atom stereocenters. The van der Waals surface area contributed by atoms with Crippen LogP contribution in [0.25, 0.3) is 0 Å². The van der Waals surface area contributed by atoms with Crippen LogP contribution in [0.3, 0.4) is 0 Å². The monoisotopic (exact) mass is 251 g/mol. The van der Waals surface area contributed by atoms with Crippen LogP contribution in [0.5, 0.6) is 0 Å². The maximum absolute atomic E-state index is 5.72. The first-order chi connectivity index (χ1) is 8.26. The number of nitrogens with two attached hydrogens (primary N) is 1. The summed E-state index contributed by atoms with van der Waals surface area (Å²) in [5.41, 5.74) is 8.07. The van der Waals surface area contributed by atoms with E-state index >= 15 is 0 Å². The molecule has 0 aromatic heterocycles. The van der Waals surface area contributed by atoms with Crippen molar-refractivity contribution in [2.75, 3.05) is 18.1 Å². The van der Waals surface area contributed by atoms with Crippen molar-refractivity contribution in [3.05, 3.63) is 29.8 Å². The number of anilines is 1. The minimum Gasteiger partial charge on any atom is -0.399 e. The molecule has 96 valence electrons. The Morgan fingerprint density at radius 1 is 0.941 bits per heavy atom. The third-order valence-electron chi connectivity index (χ3n) is 3.04. The van der Waals surface area contributed by atoms with Gasteiger partial charge in [-0.3, -0.25) is 0 Å². The molecule has 0 saturated carbocycles. The second-order valence-corrected chi connectivity index (χ2v) is 7.28. The van der Waals surface area contributed by atoms with E-state index in [1.807, 2.05) is 12.1 Å². The first-order valence-corrected chi connectivity index (χ1v) is 8.72. The summed E-state index contributed by atoms with van der Waals surface area (Å²) in [4.78, 5) is 0. The highest BCUT2D eigenvalue weighted by Crippen LogP contribution is 2.41. The van der Waals surface area contributed by atoms with Gasteiger partial charge in [-0.05, 0) is 49.0 Å². The molecule has 0 aliphatic heterocycles. The van der Waals surface area contributed by atoms with E-state index in [0.717, 1.165) is 5.69 Å². The SMILES string of the molecule is CCCCP(CCCC)Cc1ccc(N)cc1. The standard InChI is InChI=1S/C15H26NP/c1-3-5-11-17(12-6-4-2)13-14-7-9-15(16)10-8-14/h7-10H,3-6,11-13,16H2,1-2H3. The molecule has 0 fully saturated rings. The van der Waals surface area contributed by atoms with Crippen LogP contribution in [0.15, 0.2) is 24.3 Å². The van der Waals surface area contributed by atoms with Crippen molar-refractivity contribution in [3.63, 3.8) is 0 Å². The van der Waals surface area contributed by atoms with E-state index in [1.54, 1.807) is 0 Å². The highest BCUT2D eigenvalue weighted by molar-refractivity contribution is 7.56. The Labute approximate surface area is 108 Å². The predicted octanol–water partition coefficient (Wildman–Crippen LogP) is 4.85. The van der Waals surface area contributed by atoms with Crippen molar-refractivity contribution >= 4 is 13.6 Å². The minimum absolute atomic E-state index is 0.201. The molecule has 1 aromatic rings. The Balaban J connectivity index is 2.48. The van der Waals surface area contributed by atoms with E-state index in [-0.39, 0.29) is 7.92 Å². The molecule has 17 heavy (non-hydrogen) atoms. The lowest BCUT2D eigenvalue weighted by molar-refractivity contribution is 0.865. The van der Waals surface area contributed by atoms with Gasteiger partial charge in [0.2, 0.25) is 0 Å². The van der Waals surface area contributed by atoms with Gasteiger partial charge in [0.15, 0.2) is 0 Å². The highest BCUT2D eigenvalue weighted by Gasteiger charge is 2.07. The van der Waals surface area contributed by atoms with E-state index in [1.165, 1.54) is 49.7 Å². The molecular formula is C15H26NP. The van der Waals surface area contributed by atoms with Crippen LogP contribution in [0.4, 0.5) is 5.69 Å². The number of unbranched alkanes of at least 4 members (excludes halogenated alkanes) is 2. The topological polar surface area (TPSA) is 26.0 Å². The molecule has 0 spiro atoms. The molecule has 0 heterocycles. The van der Waals surface area contributed by atoms with Gasteiger partial charge in [0.05, 0.1) is 0 Å². The van der Waals surface area contributed by atoms with Crippen LogP contribution in [0, 0.1) is 0 Å². The molecule has 0 saturated heterocycles. The summed E-state index contributed by atoms with van der Waals surface area (Å²) >= 11 is 0. The smallest absolute Gasteiger partial charge is 0.0314 e. The summed E-state index contributed by atoms with van der Waals surface area (Å²) in [6.45, 7) is 4.58. The van der Waals surface area contributed by atoms with Gasteiger partial charge in [0.1, 0.15) is 0 Å². The molecule has 1 nitrogen and oxygen atoms in total. The summed E-state index contributed by atoms with van der Waals surface area (Å²) in [5, 5.41) is 0. The summed E-state index contributed by atoms with van der Waals surface area (Å²) < 4.78 is 0. The highest BCUT2D eigenvalue weighted by atomic mass is 31.1. The van der Waals surface area contributed by atoms with Crippen LogP contribution in [0.1, 0.15) is 45.1 Å². The second kappa shape index (κ2) is 8.53. The fourth-order valence-corrected chi connectivity index (χ4v) is 4.71. The lowest BCUT2D eigenvalue weighted by Crippen LogP contribution is -1.95. The Morgan fingerprint density at radius 3 is 1.94 bits per heavy atom. The first-order valence-electron chi connectivity index (χ1n) is 6.83. The zero-order valence-electron chi connectivity index (χ0n) is 11.3. The maximum Gasteiger partial charge on any atom is 0.0314 e. The molecule has 0 amide bonds. The van der Waals surface area contributed by atoms with E-state index in [4.69, 9.17) is 5.73 Å². The number of nitrogen functional groups attached to an aromatic ring is 1. The molecule has 1 aromatic carbocycles. The van der Waals surface area contributed by atoms with Crippen LogP contribution in [-0.4, -0.2) is 12.3 Å². The Morgan fingerprint density at radius 2 is 1.47 bits per heavy atom. The predicted molar refractivity (Wildman–Crippen MR) is 81.0 cm³/mol. The summed E-state index contributed by atoms with van der Waals surface area (Å²) in [7, 11) is 0.201. The molecule has 0 aliphatic rings. The third-order valence-corrected chi connectivity index (χ3v) is 5.75. The zero-order valence-corrected chi connectivity index (χ0v) is 12.2. The van der Waals surface area contributed by atoms with E-state index < -0.39 is 0 Å². The number of hydrogen-bond acceptors (Lipinski definition) is 1. The lowest BCUT2D eigenvalue weighted by Gasteiger charge is -2.17. The molecule has 2 heteroatoms. The number of hydrogen-bond donors (Lipinski definition) is 1. The molecule has 0 unspecified atom stereocenters. The lowest BCUT2D eigenvalue weighted by atomic mass is 10.2. The average molecular weight is 251 g/mol. The molecule has 0 aliphatic carbocycles. The third kappa shape index (κ3) is 6.07. The second-order valence-electron chi connectivity index (χ2n) is 4.72. The Bertz CT molecular complexity index is 286. The summed E-state index contributed by atoms with van der Waals surface area (Å²) in [5.74, 6) is 0. The van der Waals surface area contributed by atoms with Gasteiger partial charge in [0.25, 0.3) is 0 Å². The molecule has 1 rings (SSSR count).